The monoisotopic (exact) mass is 204 g/mol. The number of Topliss-reactive ketones (excluding diaryl/α,β-unsaturated/α-hetero) is 1. The Morgan fingerprint density at radius 1 is 1.47 bits per heavy atom. The first-order valence-corrected chi connectivity index (χ1v) is 4.96. The summed E-state index contributed by atoms with van der Waals surface area (Å²) in [7, 11) is 0. The summed E-state index contributed by atoms with van der Waals surface area (Å²) in [6, 6.07) is 1.83. The van der Waals surface area contributed by atoms with Crippen molar-refractivity contribution in [2.45, 2.75) is 26.2 Å². The van der Waals surface area contributed by atoms with Crippen LogP contribution in [0.15, 0.2) is 12.3 Å². The molecular formula is C11H12N2O2. The summed E-state index contributed by atoms with van der Waals surface area (Å²) in [5, 5.41) is 2.66. The Kier molecular flexibility index (Phi) is 2.49. The Bertz CT molecular complexity index is 427. The molecule has 2 rings (SSSR count). The van der Waals surface area contributed by atoms with Crippen LogP contribution < -0.4 is 5.32 Å². The van der Waals surface area contributed by atoms with Crippen LogP contribution in [0.5, 0.6) is 0 Å². The predicted molar refractivity (Wildman–Crippen MR) is 55.8 cm³/mol. The molecule has 0 aliphatic heterocycles. The van der Waals surface area contributed by atoms with E-state index in [1.165, 1.54) is 13.1 Å². The van der Waals surface area contributed by atoms with Gasteiger partial charge in [-0.3, -0.25) is 14.6 Å². The van der Waals surface area contributed by atoms with Crippen molar-refractivity contribution in [2.24, 2.45) is 0 Å². The van der Waals surface area contributed by atoms with Gasteiger partial charge in [-0.15, -0.1) is 0 Å². The lowest BCUT2D eigenvalue weighted by atomic mass is 9.95. The number of hydrogen-bond donors (Lipinski definition) is 1. The van der Waals surface area contributed by atoms with Gasteiger partial charge >= 0.3 is 0 Å². The predicted octanol–water partition coefficient (Wildman–Crippen LogP) is 1.56. The van der Waals surface area contributed by atoms with Gasteiger partial charge in [-0.25, -0.2) is 0 Å². The van der Waals surface area contributed by atoms with E-state index in [-0.39, 0.29) is 11.7 Å². The highest BCUT2D eigenvalue weighted by molar-refractivity contribution is 5.97. The highest BCUT2D eigenvalue weighted by Gasteiger charge is 2.18. The van der Waals surface area contributed by atoms with Crippen molar-refractivity contribution >= 4 is 17.4 Å². The number of amides is 1. The van der Waals surface area contributed by atoms with Gasteiger partial charge in [0.05, 0.1) is 11.9 Å². The third-order valence-corrected chi connectivity index (χ3v) is 2.40. The first-order chi connectivity index (χ1) is 7.16. The number of ketones is 1. The molecule has 0 spiro atoms. The van der Waals surface area contributed by atoms with E-state index < -0.39 is 0 Å². The minimum absolute atomic E-state index is 0.102. The van der Waals surface area contributed by atoms with E-state index in [1.54, 1.807) is 0 Å². The fourth-order valence-corrected chi connectivity index (χ4v) is 1.78. The molecule has 1 aromatic heterocycles. The fraction of sp³-hybridized carbons (Fsp3) is 0.364. The number of rotatable bonds is 1. The summed E-state index contributed by atoms with van der Waals surface area (Å²) in [6.45, 7) is 1.45. The van der Waals surface area contributed by atoms with Gasteiger partial charge < -0.3 is 5.32 Å². The molecule has 0 atom stereocenters. The minimum atomic E-state index is -0.126. The average Bonchev–Trinajstić information content (AvgIpc) is 2.17. The van der Waals surface area contributed by atoms with E-state index in [2.05, 4.69) is 10.3 Å². The minimum Gasteiger partial charge on any atom is -0.325 e. The lowest BCUT2D eigenvalue weighted by Gasteiger charge is -2.14. The Labute approximate surface area is 87.7 Å². The van der Waals surface area contributed by atoms with E-state index in [0.29, 0.717) is 17.8 Å². The number of anilines is 1. The third kappa shape index (κ3) is 2.03. The number of carbonyl (C=O) groups excluding carboxylic acids is 2. The second-order valence-electron chi connectivity index (χ2n) is 3.69. The van der Waals surface area contributed by atoms with E-state index in [0.717, 1.165) is 18.4 Å². The maximum absolute atomic E-state index is 11.5. The summed E-state index contributed by atoms with van der Waals surface area (Å²) in [6.07, 6.45) is 3.85. The third-order valence-electron chi connectivity index (χ3n) is 2.40. The number of aryl methyl sites for hydroxylation is 1. The molecule has 0 unspecified atom stereocenters. The van der Waals surface area contributed by atoms with E-state index in [1.807, 2.05) is 6.07 Å². The van der Waals surface area contributed by atoms with Crippen LogP contribution in [0.1, 0.15) is 35.8 Å². The van der Waals surface area contributed by atoms with Crippen molar-refractivity contribution in [2.75, 3.05) is 5.32 Å². The summed E-state index contributed by atoms with van der Waals surface area (Å²) < 4.78 is 0. The van der Waals surface area contributed by atoms with Gasteiger partial charge in [0.25, 0.3) is 0 Å². The SMILES string of the molecule is CC(=O)Nc1cnc2c(c1)CCCC2=O. The summed E-state index contributed by atoms with van der Waals surface area (Å²) >= 11 is 0. The van der Waals surface area contributed by atoms with Gasteiger partial charge in [-0.1, -0.05) is 0 Å². The molecule has 1 aliphatic carbocycles. The lowest BCUT2D eigenvalue weighted by Crippen LogP contribution is -2.14. The van der Waals surface area contributed by atoms with Gasteiger partial charge in [0.2, 0.25) is 5.91 Å². The molecule has 1 aliphatic rings. The summed E-state index contributed by atoms with van der Waals surface area (Å²) in [5.74, 6) is -0.0236. The van der Waals surface area contributed by atoms with Crippen molar-refractivity contribution in [3.8, 4) is 0 Å². The van der Waals surface area contributed by atoms with Crippen molar-refractivity contribution in [3.63, 3.8) is 0 Å². The van der Waals surface area contributed by atoms with Crippen molar-refractivity contribution in [1.82, 2.24) is 4.98 Å². The first-order valence-electron chi connectivity index (χ1n) is 4.96. The van der Waals surface area contributed by atoms with Crippen LogP contribution in [0.4, 0.5) is 5.69 Å². The molecule has 0 aromatic carbocycles. The zero-order valence-electron chi connectivity index (χ0n) is 8.54. The molecule has 78 valence electrons. The summed E-state index contributed by atoms with van der Waals surface area (Å²) in [4.78, 5) is 26.4. The van der Waals surface area contributed by atoms with Gasteiger partial charge in [-0.05, 0) is 24.5 Å². The second kappa shape index (κ2) is 3.81. The molecule has 1 amide bonds. The van der Waals surface area contributed by atoms with Crippen molar-refractivity contribution in [1.29, 1.82) is 0 Å². The molecule has 4 nitrogen and oxygen atoms in total. The topological polar surface area (TPSA) is 59.1 Å². The Hall–Kier alpha value is -1.71. The molecule has 1 N–H and O–H groups in total. The largest absolute Gasteiger partial charge is 0.325 e. The van der Waals surface area contributed by atoms with Gasteiger partial charge in [-0.2, -0.15) is 0 Å². The van der Waals surface area contributed by atoms with Crippen molar-refractivity contribution < 1.29 is 9.59 Å². The van der Waals surface area contributed by atoms with E-state index in [9.17, 15) is 9.59 Å². The number of hydrogen-bond acceptors (Lipinski definition) is 3. The van der Waals surface area contributed by atoms with Gasteiger partial charge in [0.1, 0.15) is 5.69 Å². The lowest BCUT2D eigenvalue weighted by molar-refractivity contribution is -0.114. The molecule has 0 saturated carbocycles. The average molecular weight is 204 g/mol. The first kappa shape index (κ1) is 9.83. The number of pyridine rings is 1. The molecule has 0 radical (unpaired) electrons. The van der Waals surface area contributed by atoms with Gasteiger partial charge in [0, 0.05) is 13.3 Å². The van der Waals surface area contributed by atoms with Gasteiger partial charge in [0.15, 0.2) is 5.78 Å². The van der Waals surface area contributed by atoms with Crippen LogP contribution in [0, 0.1) is 0 Å². The molecule has 0 fully saturated rings. The van der Waals surface area contributed by atoms with Crippen LogP contribution in [0.2, 0.25) is 0 Å². The molecule has 0 saturated heterocycles. The smallest absolute Gasteiger partial charge is 0.221 e. The number of fused-ring (bicyclic) bond motifs is 1. The Balaban J connectivity index is 2.33. The van der Waals surface area contributed by atoms with Crippen LogP contribution in [0.25, 0.3) is 0 Å². The number of nitrogens with one attached hydrogen (secondary N) is 1. The highest BCUT2D eigenvalue weighted by atomic mass is 16.1. The molecule has 15 heavy (non-hydrogen) atoms. The molecule has 1 heterocycles. The molecule has 1 aromatic rings. The second-order valence-corrected chi connectivity index (χ2v) is 3.69. The van der Waals surface area contributed by atoms with Crippen molar-refractivity contribution in [3.05, 3.63) is 23.5 Å². The maximum Gasteiger partial charge on any atom is 0.221 e. The maximum atomic E-state index is 11.5. The molecule has 4 heteroatoms. The number of aromatic nitrogens is 1. The number of nitrogens with zero attached hydrogens (tertiary/aromatic N) is 1. The zero-order valence-corrected chi connectivity index (χ0v) is 8.54. The van der Waals surface area contributed by atoms with E-state index >= 15 is 0 Å². The molecule has 0 bridgehead atoms. The Morgan fingerprint density at radius 3 is 3.00 bits per heavy atom. The zero-order chi connectivity index (χ0) is 10.8. The normalized spacial score (nSPS) is 14.6. The Morgan fingerprint density at radius 2 is 2.27 bits per heavy atom. The summed E-state index contributed by atoms with van der Waals surface area (Å²) in [5.41, 5.74) is 2.17. The standard InChI is InChI=1S/C11H12N2O2/c1-7(14)13-9-5-8-3-2-4-10(15)11(8)12-6-9/h5-6H,2-4H2,1H3,(H,13,14). The van der Waals surface area contributed by atoms with Crippen LogP contribution in [0.3, 0.4) is 0 Å². The van der Waals surface area contributed by atoms with Crippen LogP contribution >= 0.6 is 0 Å². The highest BCUT2D eigenvalue weighted by Crippen LogP contribution is 2.21. The molecular weight excluding hydrogens is 192 g/mol. The fourth-order valence-electron chi connectivity index (χ4n) is 1.78. The van der Waals surface area contributed by atoms with Crippen LogP contribution in [-0.2, 0) is 11.2 Å². The van der Waals surface area contributed by atoms with Crippen LogP contribution in [-0.4, -0.2) is 16.7 Å². The quantitative estimate of drug-likeness (QED) is 0.755. The number of carbonyl (C=O) groups is 2. The van der Waals surface area contributed by atoms with E-state index in [4.69, 9.17) is 0 Å².